The number of rotatable bonds is 5. The summed E-state index contributed by atoms with van der Waals surface area (Å²) in [7, 11) is 0. The van der Waals surface area contributed by atoms with Crippen molar-refractivity contribution in [1.82, 2.24) is 0 Å². The molecule has 1 aromatic heterocycles. The first-order chi connectivity index (χ1) is 13.0. The molecule has 0 saturated carbocycles. The molecule has 0 spiro atoms. The second kappa shape index (κ2) is 8.31. The maximum Gasteiger partial charge on any atom is 0.311 e. The molecule has 7 heteroatoms. The molecule has 2 N–H and O–H groups in total. The third-order valence-electron chi connectivity index (χ3n) is 4.75. The highest BCUT2D eigenvalue weighted by Gasteiger charge is 2.26. The van der Waals surface area contributed by atoms with Crippen molar-refractivity contribution in [2.75, 3.05) is 5.32 Å². The number of carboxylic acid groups (broad SMARTS) is 1. The third kappa shape index (κ3) is 4.34. The molecule has 5 nitrogen and oxygen atoms in total. The molecule has 3 rings (SSSR count). The number of hydrogen-bond donors (Lipinski definition) is 2. The number of aliphatic carboxylic acids is 1. The van der Waals surface area contributed by atoms with E-state index >= 15 is 0 Å². The Bertz CT molecular complexity index is 899. The Kier molecular flexibility index (Phi) is 5.87. The van der Waals surface area contributed by atoms with Crippen molar-refractivity contribution in [1.29, 1.82) is 5.26 Å². The molecule has 1 aromatic carbocycles. The minimum absolute atomic E-state index is 0.283. The highest BCUT2D eigenvalue weighted by Crippen LogP contribution is 2.37. The first-order valence-corrected chi connectivity index (χ1v) is 9.64. The molecule has 1 aliphatic carbocycles. The fourth-order valence-corrected chi connectivity index (χ4v) is 4.61. The fraction of sp³-hybridized carbons (Fsp3) is 0.350. The zero-order chi connectivity index (χ0) is 19.4. The van der Waals surface area contributed by atoms with Gasteiger partial charge in [-0.05, 0) is 48.9 Å². The number of carbonyl (C=O) groups is 2. The summed E-state index contributed by atoms with van der Waals surface area (Å²) in [5.74, 6) is -3.17. The number of fused-ring (bicyclic) bond motifs is 1. The summed E-state index contributed by atoms with van der Waals surface area (Å²) < 4.78 is 13.1. The Hall–Kier alpha value is -2.72. The van der Waals surface area contributed by atoms with E-state index in [0.29, 0.717) is 16.1 Å². The third-order valence-corrected chi connectivity index (χ3v) is 5.95. The molecular formula is C20H19FN2O3S. The molecule has 0 radical (unpaired) electrons. The van der Waals surface area contributed by atoms with Crippen LogP contribution in [0.3, 0.4) is 0 Å². The standard InChI is InChI=1S/C20H19FN2O3S/c21-13-8-6-12(7-9-13)15(20(25)26)10-18(24)23-19-16(11-22)14-4-2-1-3-5-17(14)27-19/h6-9,15H,1-5,10H2,(H,23,24)(H,25,26)/t15-/m0/s1. The zero-order valence-corrected chi connectivity index (χ0v) is 15.4. The SMILES string of the molecule is N#Cc1c(NC(=O)C[C@H](C(=O)O)c2ccc(F)cc2)sc2c1CCCCC2. The Morgan fingerprint density at radius 3 is 2.59 bits per heavy atom. The van der Waals surface area contributed by atoms with Crippen LogP contribution < -0.4 is 5.32 Å². The van der Waals surface area contributed by atoms with Gasteiger partial charge in [-0.1, -0.05) is 18.6 Å². The molecule has 0 aliphatic heterocycles. The van der Waals surface area contributed by atoms with E-state index < -0.39 is 23.6 Å². The zero-order valence-electron chi connectivity index (χ0n) is 14.6. The van der Waals surface area contributed by atoms with Crippen LogP contribution in [-0.2, 0) is 22.4 Å². The van der Waals surface area contributed by atoms with Gasteiger partial charge >= 0.3 is 5.97 Å². The van der Waals surface area contributed by atoms with E-state index in [2.05, 4.69) is 11.4 Å². The second-order valence-electron chi connectivity index (χ2n) is 6.58. The van der Waals surface area contributed by atoms with Gasteiger partial charge in [-0.3, -0.25) is 9.59 Å². The van der Waals surface area contributed by atoms with Crippen LogP contribution in [0.2, 0.25) is 0 Å². The number of carbonyl (C=O) groups excluding carboxylic acids is 1. The molecule has 1 heterocycles. The average molecular weight is 386 g/mol. The molecule has 0 fully saturated rings. The van der Waals surface area contributed by atoms with E-state index in [1.165, 1.54) is 35.6 Å². The Labute approximate surface area is 160 Å². The van der Waals surface area contributed by atoms with Crippen molar-refractivity contribution < 1.29 is 19.1 Å². The number of nitriles is 1. The van der Waals surface area contributed by atoms with Gasteiger partial charge in [-0.2, -0.15) is 5.26 Å². The first kappa shape index (κ1) is 19.1. The summed E-state index contributed by atoms with van der Waals surface area (Å²) in [4.78, 5) is 25.2. The van der Waals surface area contributed by atoms with Crippen LogP contribution in [0, 0.1) is 17.1 Å². The van der Waals surface area contributed by atoms with Crippen molar-refractivity contribution in [2.24, 2.45) is 0 Å². The van der Waals surface area contributed by atoms with Crippen LogP contribution in [0.1, 0.15) is 53.2 Å². The highest BCUT2D eigenvalue weighted by molar-refractivity contribution is 7.16. The molecule has 140 valence electrons. The van der Waals surface area contributed by atoms with Crippen molar-refractivity contribution >= 4 is 28.2 Å². The van der Waals surface area contributed by atoms with Crippen molar-refractivity contribution in [2.45, 2.75) is 44.4 Å². The molecule has 0 unspecified atom stereocenters. The first-order valence-electron chi connectivity index (χ1n) is 8.82. The van der Waals surface area contributed by atoms with E-state index in [1.807, 2.05) is 0 Å². The number of halogens is 1. The van der Waals surface area contributed by atoms with Crippen LogP contribution >= 0.6 is 11.3 Å². The predicted molar refractivity (Wildman–Crippen MR) is 100 cm³/mol. The number of anilines is 1. The normalized spacial score (nSPS) is 14.5. The number of nitrogens with zero attached hydrogens (tertiary/aromatic N) is 1. The summed E-state index contributed by atoms with van der Waals surface area (Å²) in [6.07, 6.45) is 4.67. The topological polar surface area (TPSA) is 90.2 Å². The van der Waals surface area contributed by atoms with Gasteiger partial charge in [0.2, 0.25) is 5.91 Å². The smallest absolute Gasteiger partial charge is 0.311 e. The number of hydrogen-bond acceptors (Lipinski definition) is 4. The lowest BCUT2D eigenvalue weighted by Gasteiger charge is -2.12. The fourth-order valence-electron chi connectivity index (χ4n) is 3.35. The molecule has 1 aliphatic rings. The molecule has 2 aromatic rings. The van der Waals surface area contributed by atoms with Crippen molar-refractivity contribution in [3.8, 4) is 6.07 Å². The lowest BCUT2D eigenvalue weighted by molar-refractivity contribution is -0.140. The summed E-state index contributed by atoms with van der Waals surface area (Å²) in [6.45, 7) is 0. The van der Waals surface area contributed by atoms with E-state index in [9.17, 15) is 24.3 Å². The number of thiophene rings is 1. The van der Waals surface area contributed by atoms with Gasteiger partial charge in [0.15, 0.2) is 0 Å². The minimum atomic E-state index is -1.15. The lowest BCUT2D eigenvalue weighted by atomic mass is 9.95. The summed E-state index contributed by atoms with van der Waals surface area (Å²) >= 11 is 1.41. The molecular weight excluding hydrogens is 367 g/mol. The van der Waals surface area contributed by atoms with Gasteiger partial charge in [0.25, 0.3) is 0 Å². The average Bonchev–Trinajstić information content (AvgIpc) is 2.80. The maximum absolute atomic E-state index is 13.1. The second-order valence-corrected chi connectivity index (χ2v) is 7.68. The minimum Gasteiger partial charge on any atom is -0.481 e. The van der Waals surface area contributed by atoms with Crippen LogP contribution in [-0.4, -0.2) is 17.0 Å². The van der Waals surface area contributed by atoms with E-state index in [0.717, 1.165) is 42.5 Å². The van der Waals surface area contributed by atoms with Crippen LogP contribution in [0.4, 0.5) is 9.39 Å². The summed E-state index contributed by atoms with van der Waals surface area (Å²) in [6, 6.07) is 7.28. The predicted octanol–water partition coefficient (Wildman–Crippen LogP) is 4.22. The molecule has 1 amide bonds. The highest BCUT2D eigenvalue weighted by atomic mass is 32.1. The van der Waals surface area contributed by atoms with Crippen LogP contribution in [0.25, 0.3) is 0 Å². The molecule has 27 heavy (non-hydrogen) atoms. The molecule has 0 bridgehead atoms. The Morgan fingerprint density at radius 2 is 1.93 bits per heavy atom. The Morgan fingerprint density at radius 1 is 1.22 bits per heavy atom. The molecule has 1 atom stereocenters. The quantitative estimate of drug-likeness (QED) is 0.753. The van der Waals surface area contributed by atoms with Gasteiger partial charge < -0.3 is 10.4 Å². The number of aryl methyl sites for hydroxylation is 1. The van der Waals surface area contributed by atoms with Crippen molar-refractivity contribution in [3.05, 3.63) is 51.7 Å². The largest absolute Gasteiger partial charge is 0.481 e. The monoisotopic (exact) mass is 386 g/mol. The van der Waals surface area contributed by atoms with Crippen molar-refractivity contribution in [3.63, 3.8) is 0 Å². The number of benzene rings is 1. The Balaban J connectivity index is 1.77. The van der Waals surface area contributed by atoms with Gasteiger partial charge in [0.05, 0.1) is 11.5 Å². The summed E-state index contributed by atoms with van der Waals surface area (Å²) in [5, 5.41) is 22.2. The van der Waals surface area contributed by atoms with Gasteiger partial charge in [-0.15, -0.1) is 11.3 Å². The maximum atomic E-state index is 13.1. The molecule has 0 saturated heterocycles. The number of nitrogens with one attached hydrogen (secondary N) is 1. The van der Waals surface area contributed by atoms with Gasteiger partial charge in [-0.25, -0.2) is 4.39 Å². The van der Waals surface area contributed by atoms with Crippen LogP contribution in [0.15, 0.2) is 24.3 Å². The van der Waals surface area contributed by atoms with E-state index in [-0.39, 0.29) is 6.42 Å². The number of carboxylic acids is 1. The van der Waals surface area contributed by atoms with Crippen LogP contribution in [0.5, 0.6) is 0 Å². The van der Waals surface area contributed by atoms with E-state index in [4.69, 9.17) is 0 Å². The summed E-state index contributed by atoms with van der Waals surface area (Å²) in [5.41, 5.74) is 1.88. The van der Waals surface area contributed by atoms with Gasteiger partial charge in [0.1, 0.15) is 16.9 Å². The van der Waals surface area contributed by atoms with Gasteiger partial charge in [0, 0.05) is 11.3 Å². The number of amides is 1. The lowest BCUT2D eigenvalue weighted by Crippen LogP contribution is -2.21. The van der Waals surface area contributed by atoms with E-state index in [1.54, 1.807) is 0 Å².